The van der Waals surface area contributed by atoms with Crippen molar-refractivity contribution in [2.45, 2.75) is 6.42 Å². The Balaban J connectivity index is 1.44. The number of benzene rings is 3. The molecule has 202 valence electrons. The Morgan fingerprint density at radius 3 is 1.82 bits per heavy atom. The molecular formula is C30H27FO8. The lowest BCUT2D eigenvalue weighted by Gasteiger charge is -2.09. The van der Waals surface area contributed by atoms with E-state index in [0.29, 0.717) is 35.8 Å². The van der Waals surface area contributed by atoms with Crippen molar-refractivity contribution in [3.05, 3.63) is 103 Å². The molecule has 0 heterocycles. The number of ether oxygens (including phenoxy) is 5. The summed E-state index contributed by atoms with van der Waals surface area (Å²) < 4.78 is 38.5. The molecule has 0 amide bonds. The van der Waals surface area contributed by atoms with Crippen molar-refractivity contribution >= 4 is 17.9 Å². The molecule has 0 atom stereocenters. The van der Waals surface area contributed by atoms with Crippen LogP contribution in [0, 0.1) is 0 Å². The Hall–Kier alpha value is -4.92. The van der Waals surface area contributed by atoms with Gasteiger partial charge in [0.15, 0.2) is 0 Å². The molecule has 0 aliphatic heterocycles. The number of rotatable bonds is 14. The van der Waals surface area contributed by atoms with Crippen molar-refractivity contribution in [2.75, 3.05) is 26.4 Å². The lowest BCUT2D eigenvalue weighted by atomic mass is 10.0. The first-order valence-corrected chi connectivity index (χ1v) is 11.9. The zero-order valence-corrected chi connectivity index (χ0v) is 21.1. The number of carbonyl (C=O) groups excluding carboxylic acids is 3. The van der Waals surface area contributed by atoms with Crippen LogP contribution in [0.3, 0.4) is 0 Å². The largest absolute Gasteiger partial charge is 0.493 e. The standard InChI is InChI=1S/C30H27FO8/c1-3-28(32)37-18-4-17-35-25-11-9-23(10-12-25)22-5-7-24(8-6-22)30(34)39-27-15-13-26(14-16-27)36-19-20-38-29(33)21(2)31/h3,5-16H,1-2,4,17-20H2. The quantitative estimate of drug-likeness (QED) is 0.116. The highest BCUT2D eigenvalue weighted by molar-refractivity contribution is 5.91. The van der Waals surface area contributed by atoms with E-state index in [0.717, 1.165) is 17.2 Å². The maximum absolute atomic E-state index is 12.5. The fraction of sp³-hybridized carbons (Fsp3) is 0.167. The van der Waals surface area contributed by atoms with E-state index in [-0.39, 0.29) is 19.8 Å². The molecule has 39 heavy (non-hydrogen) atoms. The SMILES string of the molecule is C=CC(=O)OCCCOc1ccc(-c2ccc(C(=O)Oc3ccc(OCCOC(=O)C(=C)F)cc3)cc2)cc1. The molecule has 0 aromatic heterocycles. The number of esters is 3. The summed E-state index contributed by atoms with van der Waals surface area (Å²) in [6.07, 6.45) is 1.68. The van der Waals surface area contributed by atoms with Crippen LogP contribution >= 0.6 is 0 Å². The van der Waals surface area contributed by atoms with Crippen LogP contribution in [0.5, 0.6) is 17.2 Å². The molecule has 0 N–H and O–H groups in total. The van der Waals surface area contributed by atoms with E-state index in [4.69, 9.17) is 18.9 Å². The van der Waals surface area contributed by atoms with E-state index >= 15 is 0 Å². The number of hydrogen-bond acceptors (Lipinski definition) is 8. The summed E-state index contributed by atoms with van der Waals surface area (Å²) in [7, 11) is 0. The molecule has 0 aliphatic rings. The molecular weight excluding hydrogens is 507 g/mol. The van der Waals surface area contributed by atoms with Gasteiger partial charge in [-0.15, -0.1) is 0 Å². The lowest BCUT2D eigenvalue weighted by molar-refractivity contribution is -0.141. The second-order valence-corrected chi connectivity index (χ2v) is 7.93. The highest BCUT2D eigenvalue weighted by atomic mass is 19.1. The second-order valence-electron chi connectivity index (χ2n) is 7.93. The van der Waals surface area contributed by atoms with Gasteiger partial charge in [0.1, 0.15) is 30.5 Å². The molecule has 0 bridgehead atoms. The Bertz CT molecular complexity index is 1280. The first-order chi connectivity index (χ1) is 18.9. The molecule has 0 fully saturated rings. The van der Waals surface area contributed by atoms with Gasteiger partial charge in [0.25, 0.3) is 0 Å². The Morgan fingerprint density at radius 1 is 0.692 bits per heavy atom. The Labute approximate surface area is 225 Å². The molecule has 9 heteroatoms. The third-order valence-corrected chi connectivity index (χ3v) is 5.12. The van der Waals surface area contributed by atoms with Gasteiger partial charge in [-0.05, 0) is 59.7 Å². The molecule has 0 saturated carbocycles. The first kappa shape index (κ1) is 28.6. The minimum absolute atomic E-state index is 0.0231. The van der Waals surface area contributed by atoms with Gasteiger partial charge >= 0.3 is 17.9 Å². The predicted molar refractivity (Wildman–Crippen MR) is 141 cm³/mol. The summed E-state index contributed by atoms with van der Waals surface area (Å²) in [5, 5.41) is 0. The van der Waals surface area contributed by atoms with Gasteiger partial charge in [-0.1, -0.05) is 37.4 Å². The maximum atomic E-state index is 12.5. The fourth-order valence-electron chi connectivity index (χ4n) is 3.17. The van der Waals surface area contributed by atoms with Crippen LogP contribution in [0.15, 0.2) is 97.9 Å². The topological polar surface area (TPSA) is 97.4 Å². The van der Waals surface area contributed by atoms with Gasteiger partial charge in [-0.2, -0.15) is 4.39 Å². The van der Waals surface area contributed by atoms with Crippen molar-refractivity contribution in [1.82, 2.24) is 0 Å². The van der Waals surface area contributed by atoms with E-state index in [1.807, 2.05) is 36.4 Å². The average Bonchev–Trinajstić information content (AvgIpc) is 2.96. The molecule has 0 aliphatic carbocycles. The number of carbonyl (C=O) groups is 3. The van der Waals surface area contributed by atoms with Gasteiger partial charge in [0, 0.05) is 12.5 Å². The summed E-state index contributed by atoms with van der Waals surface area (Å²) in [4.78, 5) is 34.5. The molecule has 3 aromatic carbocycles. The van der Waals surface area contributed by atoms with E-state index in [2.05, 4.69) is 17.9 Å². The number of halogens is 1. The third kappa shape index (κ3) is 9.47. The van der Waals surface area contributed by atoms with E-state index in [1.165, 1.54) is 0 Å². The average molecular weight is 535 g/mol. The molecule has 8 nitrogen and oxygen atoms in total. The zero-order chi connectivity index (χ0) is 28.0. The van der Waals surface area contributed by atoms with Crippen LogP contribution in [0.1, 0.15) is 16.8 Å². The van der Waals surface area contributed by atoms with Gasteiger partial charge in [-0.25, -0.2) is 14.4 Å². The van der Waals surface area contributed by atoms with Crippen LogP contribution in [0.25, 0.3) is 11.1 Å². The molecule has 0 spiro atoms. The van der Waals surface area contributed by atoms with Crippen molar-refractivity contribution in [3.8, 4) is 28.4 Å². The summed E-state index contributed by atoms with van der Waals surface area (Å²) in [6.45, 7) is 6.74. The minimum Gasteiger partial charge on any atom is -0.493 e. The lowest BCUT2D eigenvalue weighted by Crippen LogP contribution is -2.12. The van der Waals surface area contributed by atoms with Crippen LogP contribution in [-0.2, 0) is 19.1 Å². The van der Waals surface area contributed by atoms with Gasteiger partial charge in [-0.3, -0.25) is 0 Å². The van der Waals surface area contributed by atoms with Crippen LogP contribution in [-0.4, -0.2) is 44.3 Å². The molecule has 3 aromatic rings. The van der Waals surface area contributed by atoms with Crippen molar-refractivity contribution in [2.24, 2.45) is 0 Å². The van der Waals surface area contributed by atoms with Gasteiger partial charge in [0.2, 0.25) is 5.83 Å². The van der Waals surface area contributed by atoms with Crippen molar-refractivity contribution in [3.63, 3.8) is 0 Å². The van der Waals surface area contributed by atoms with Crippen LogP contribution in [0.2, 0.25) is 0 Å². The molecule has 3 rings (SSSR count). The minimum atomic E-state index is -1.17. The molecule has 0 radical (unpaired) electrons. The predicted octanol–water partition coefficient (Wildman–Crippen LogP) is 5.48. The summed E-state index contributed by atoms with van der Waals surface area (Å²) in [5.74, 6) is -1.80. The van der Waals surface area contributed by atoms with E-state index in [9.17, 15) is 18.8 Å². The summed E-state index contributed by atoms with van der Waals surface area (Å²) in [6, 6.07) is 20.8. The van der Waals surface area contributed by atoms with Gasteiger partial charge < -0.3 is 23.7 Å². The molecule has 0 saturated heterocycles. The van der Waals surface area contributed by atoms with Gasteiger partial charge in [0.05, 0.1) is 18.8 Å². The highest BCUT2D eigenvalue weighted by Crippen LogP contribution is 2.24. The van der Waals surface area contributed by atoms with E-state index < -0.39 is 23.7 Å². The number of hydrogen-bond donors (Lipinski definition) is 0. The Morgan fingerprint density at radius 2 is 1.23 bits per heavy atom. The second kappa shape index (κ2) is 14.7. The normalized spacial score (nSPS) is 10.2. The zero-order valence-electron chi connectivity index (χ0n) is 21.1. The van der Waals surface area contributed by atoms with E-state index in [1.54, 1.807) is 36.4 Å². The summed E-state index contributed by atoms with van der Waals surface area (Å²) in [5.41, 5.74) is 2.24. The van der Waals surface area contributed by atoms with Crippen LogP contribution < -0.4 is 14.2 Å². The smallest absolute Gasteiger partial charge is 0.366 e. The highest BCUT2D eigenvalue weighted by Gasteiger charge is 2.10. The van der Waals surface area contributed by atoms with Crippen molar-refractivity contribution in [1.29, 1.82) is 0 Å². The first-order valence-electron chi connectivity index (χ1n) is 11.9. The van der Waals surface area contributed by atoms with Crippen LogP contribution in [0.4, 0.5) is 4.39 Å². The summed E-state index contributed by atoms with van der Waals surface area (Å²) >= 11 is 0. The maximum Gasteiger partial charge on any atom is 0.366 e. The fourth-order valence-corrected chi connectivity index (χ4v) is 3.17. The third-order valence-electron chi connectivity index (χ3n) is 5.12. The Kier molecular flexibility index (Phi) is 10.8. The monoisotopic (exact) mass is 534 g/mol. The molecule has 0 unspecified atom stereocenters. The van der Waals surface area contributed by atoms with Crippen molar-refractivity contribution < 1.29 is 42.5 Å².